The van der Waals surface area contributed by atoms with Crippen LogP contribution < -0.4 is 11.1 Å². The number of hydrogen-bond donors (Lipinski definition) is 2. The average molecular weight is 322 g/mol. The van der Waals surface area contributed by atoms with Crippen LogP contribution in [-0.2, 0) is 10.7 Å². The van der Waals surface area contributed by atoms with Gasteiger partial charge in [-0.15, -0.1) is 0 Å². The van der Waals surface area contributed by atoms with E-state index in [-0.39, 0.29) is 12.8 Å². The minimum atomic E-state index is -3.31. The zero-order valence-electron chi connectivity index (χ0n) is 12.3. The Labute approximate surface area is 131 Å². The van der Waals surface area contributed by atoms with Crippen LogP contribution in [0, 0.1) is 11.3 Å². The van der Waals surface area contributed by atoms with E-state index in [0.717, 1.165) is 6.07 Å². The number of nitriles is 1. The molecule has 23 heavy (non-hydrogen) atoms. The monoisotopic (exact) mass is 322 g/mol. The van der Waals surface area contributed by atoms with Gasteiger partial charge >= 0.3 is 0 Å². The van der Waals surface area contributed by atoms with Crippen molar-refractivity contribution in [2.45, 2.75) is 43.6 Å². The molecule has 1 aromatic heterocycles. The number of alkyl halides is 2. The zero-order valence-corrected chi connectivity index (χ0v) is 12.3. The Balaban J connectivity index is 1.93. The summed E-state index contributed by atoms with van der Waals surface area (Å²) in [4.78, 5) is 26.4. The van der Waals surface area contributed by atoms with Crippen molar-refractivity contribution >= 4 is 11.8 Å². The van der Waals surface area contributed by atoms with E-state index in [9.17, 15) is 18.4 Å². The van der Waals surface area contributed by atoms with E-state index in [4.69, 9.17) is 11.0 Å². The molecule has 0 atom stereocenters. The van der Waals surface area contributed by atoms with Gasteiger partial charge in [0.25, 0.3) is 11.8 Å². The maximum absolute atomic E-state index is 14.2. The molecule has 0 spiro atoms. The summed E-state index contributed by atoms with van der Waals surface area (Å²) in [5.41, 5.74) is 3.24. The summed E-state index contributed by atoms with van der Waals surface area (Å²) in [6.45, 7) is 0. The Morgan fingerprint density at radius 1 is 1.48 bits per heavy atom. The molecule has 0 aliphatic heterocycles. The Morgan fingerprint density at radius 2 is 2.17 bits per heavy atom. The van der Waals surface area contributed by atoms with Crippen LogP contribution in [0.1, 0.15) is 48.2 Å². The van der Waals surface area contributed by atoms with E-state index in [0.29, 0.717) is 12.8 Å². The van der Waals surface area contributed by atoms with Crippen LogP contribution in [0.4, 0.5) is 8.78 Å². The van der Waals surface area contributed by atoms with Crippen LogP contribution in [-0.4, -0.2) is 22.3 Å². The molecule has 122 valence electrons. The Kier molecular flexibility index (Phi) is 4.59. The molecule has 1 heterocycles. The molecule has 2 rings (SSSR count). The van der Waals surface area contributed by atoms with Gasteiger partial charge in [0.05, 0.1) is 11.6 Å². The smallest absolute Gasteiger partial charge is 0.275 e. The summed E-state index contributed by atoms with van der Waals surface area (Å²) in [6, 6.07) is 4.39. The number of rotatable bonds is 7. The fourth-order valence-electron chi connectivity index (χ4n) is 2.22. The number of nitrogens with one attached hydrogen (secondary N) is 1. The highest BCUT2D eigenvalue weighted by molar-refractivity contribution is 5.92. The fraction of sp³-hybridized carbons (Fsp3) is 0.467. The van der Waals surface area contributed by atoms with Crippen LogP contribution in [0.5, 0.6) is 0 Å². The van der Waals surface area contributed by atoms with Gasteiger partial charge in [0.15, 0.2) is 0 Å². The standard InChI is InChI=1S/C15H16F2N4O2/c16-15(17,10-3-2-8-20-12(10)13(19)23)5-1-4-11(22)21-14(9-18)6-7-14/h2-3,8H,1,4-7H2,(H2,19,23)(H,21,22). The maximum Gasteiger partial charge on any atom is 0.275 e. The number of hydrogen-bond acceptors (Lipinski definition) is 4. The number of amides is 2. The first-order chi connectivity index (χ1) is 10.8. The minimum absolute atomic E-state index is 0.0898. The van der Waals surface area contributed by atoms with Gasteiger partial charge in [-0.2, -0.15) is 5.26 Å². The second-order valence-corrected chi connectivity index (χ2v) is 5.56. The predicted molar refractivity (Wildman–Crippen MR) is 76.2 cm³/mol. The molecule has 1 aliphatic carbocycles. The highest BCUT2D eigenvalue weighted by Gasteiger charge is 2.44. The van der Waals surface area contributed by atoms with Gasteiger partial charge < -0.3 is 11.1 Å². The van der Waals surface area contributed by atoms with E-state index in [2.05, 4.69) is 10.3 Å². The van der Waals surface area contributed by atoms with Crippen LogP contribution in [0.15, 0.2) is 18.3 Å². The largest absolute Gasteiger partial charge is 0.364 e. The summed E-state index contributed by atoms with van der Waals surface area (Å²) < 4.78 is 28.4. The topological polar surface area (TPSA) is 109 Å². The molecular weight excluding hydrogens is 306 g/mol. The third-order valence-corrected chi connectivity index (χ3v) is 3.67. The number of carbonyl (C=O) groups is 2. The van der Waals surface area contributed by atoms with Gasteiger partial charge in [0, 0.05) is 19.0 Å². The number of nitrogens with zero attached hydrogens (tertiary/aromatic N) is 2. The molecule has 3 N–H and O–H groups in total. The van der Waals surface area contributed by atoms with Gasteiger partial charge in [-0.05, 0) is 31.4 Å². The van der Waals surface area contributed by atoms with Gasteiger partial charge in [0.1, 0.15) is 11.2 Å². The number of halogens is 2. The first-order valence-corrected chi connectivity index (χ1v) is 7.15. The van der Waals surface area contributed by atoms with Crippen molar-refractivity contribution in [2.75, 3.05) is 0 Å². The molecule has 1 fully saturated rings. The molecule has 1 aliphatic rings. The second kappa shape index (κ2) is 6.28. The normalized spacial score (nSPS) is 15.5. The SMILES string of the molecule is N#CC1(NC(=O)CCCC(F)(F)c2cccnc2C(N)=O)CC1. The van der Waals surface area contributed by atoms with Crippen molar-refractivity contribution in [2.24, 2.45) is 5.73 Å². The van der Waals surface area contributed by atoms with E-state index in [1.807, 2.05) is 6.07 Å². The van der Waals surface area contributed by atoms with Gasteiger partial charge in [-0.3, -0.25) is 14.6 Å². The third-order valence-electron chi connectivity index (χ3n) is 3.67. The molecule has 0 bridgehead atoms. The van der Waals surface area contributed by atoms with Crippen LogP contribution in [0.3, 0.4) is 0 Å². The molecular formula is C15H16F2N4O2. The lowest BCUT2D eigenvalue weighted by Gasteiger charge is -2.18. The van der Waals surface area contributed by atoms with E-state index in [1.54, 1.807) is 0 Å². The Bertz CT molecular complexity index is 666. The van der Waals surface area contributed by atoms with Crippen molar-refractivity contribution in [1.29, 1.82) is 5.26 Å². The quantitative estimate of drug-likeness (QED) is 0.795. The van der Waals surface area contributed by atoms with Crippen molar-refractivity contribution in [1.82, 2.24) is 10.3 Å². The van der Waals surface area contributed by atoms with Gasteiger partial charge in [0.2, 0.25) is 5.91 Å². The molecule has 1 aromatic rings. The highest BCUT2D eigenvalue weighted by atomic mass is 19.3. The second-order valence-electron chi connectivity index (χ2n) is 5.56. The number of carbonyl (C=O) groups excluding carboxylic acids is 2. The van der Waals surface area contributed by atoms with E-state index in [1.165, 1.54) is 12.3 Å². The first kappa shape index (κ1) is 16.8. The fourth-order valence-corrected chi connectivity index (χ4v) is 2.22. The lowest BCUT2D eigenvalue weighted by Crippen LogP contribution is -2.35. The summed E-state index contributed by atoms with van der Waals surface area (Å²) in [6.07, 6.45) is 1.56. The summed E-state index contributed by atoms with van der Waals surface area (Å²) in [7, 11) is 0. The number of primary amides is 1. The molecule has 0 radical (unpaired) electrons. The van der Waals surface area contributed by atoms with Crippen molar-refractivity contribution in [3.05, 3.63) is 29.6 Å². The molecule has 0 aromatic carbocycles. The van der Waals surface area contributed by atoms with Crippen LogP contribution >= 0.6 is 0 Å². The lowest BCUT2D eigenvalue weighted by molar-refractivity contribution is -0.122. The summed E-state index contributed by atoms with van der Waals surface area (Å²) in [5, 5.41) is 11.4. The van der Waals surface area contributed by atoms with E-state index < -0.39 is 41.0 Å². The van der Waals surface area contributed by atoms with Crippen molar-refractivity contribution in [3.8, 4) is 6.07 Å². The Morgan fingerprint density at radius 3 is 2.74 bits per heavy atom. The molecule has 2 amide bonds. The maximum atomic E-state index is 14.2. The molecule has 0 saturated heterocycles. The number of aromatic nitrogens is 1. The van der Waals surface area contributed by atoms with Crippen molar-refractivity contribution < 1.29 is 18.4 Å². The summed E-state index contributed by atoms with van der Waals surface area (Å²) >= 11 is 0. The zero-order chi connectivity index (χ0) is 17.1. The predicted octanol–water partition coefficient (Wildman–Crippen LogP) is 1.61. The van der Waals surface area contributed by atoms with Gasteiger partial charge in [-0.25, -0.2) is 8.78 Å². The third kappa shape index (κ3) is 4.00. The molecule has 6 nitrogen and oxygen atoms in total. The van der Waals surface area contributed by atoms with Gasteiger partial charge in [-0.1, -0.05) is 0 Å². The molecule has 8 heteroatoms. The number of pyridine rings is 1. The van der Waals surface area contributed by atoms with Crippen molar-refractivity contribution in [3.63, 3.8) is 0 Å². The molecule has 0 unspecified atom stereocenters. The van der Waals surface area contributed by atoms with E-state index >= 15 is 0 Å². The number of nitrogens with two attached hydrogens (primary N) is 1. The average Bonchev–Trinajstić information content (AvgIpc) is 3.27. The Hall–Kier alpha value is -2.56. The minimum Gasteiger partial charge on any atom is -0.364 e. The summed E-state index contributed by atoms with van der Waals surface area (Å²) in [5.74, 6) is -4.77. The molecule has 1 saturated carbocycles. The van der Waals surface area contributed by atoms with Crippen LogP contribution in [0.25, 0.3) is 0 Å². The highest BCUT2D eigenvalue weighted by Crippen LogP contribution is 2.36. The lowest BCUT2D eigenvalue weighted by atomic mass is 10.0. The van der Waals surface area contributed by atoms with Crippen LogP contribution in [0.2, 0.25) is 0 Å². The first-order valence-electron chi connectivity index (χ1n) is 7.15.